The van der Waals surface area contributed by atoms with Crippen LogP contribution in [0, 0.1) is 0 Å². The van der Waals surface area contributed by atoms with Crippen LogP contribution in [0.15, 0.2) is 22.3 Å². The summed E-state index contributed by atoms with van der Waals surface area (Å²) in [6.45, 7) is 0. The van der Waals surface area contributed by atoms with Gasteiger partial charge in [0.25, 0.3) is 0 Å². The van der Waals surface area contributed by atoms with Crippen molar-refractivity contribution in [1.82, 2.24) is 0 Å². The average Bonchev–Trinajstić information content (AvgIpc) is 3.02. The molecule has 0 saturated heterocycles. The molecule has 0 aliphatic carbocycles. The summed E-state index contributed by atoms with van der Waals surface area (Å²) in [4.78, 5) is 23.7. The third kappa shape index (κ3) is 1.64. The van der Waals surface area contributed by atoms with Gasteiger partial charge in [-0.3, -0.25) is 0 Å². The summed E-state index contributed by atoms with van der Waals surface area (Å²) < 4.78 is 38.3. The molecule has 0 spiro atoms. The van der Waals surface area contributed by atoms with Crippen LogP contribution in [0.25, 0.3) is 0 Å². The smallest absolute Gasteiger partial charge is 0.337 e. The number of esters is 2. The van der Waals surface area contributed by atoms with Gasteiger partial charge in [0.2, 0.25) is 0 Å². The first-order valence-electron chi connectivity index (χ1n) is 5.88. The molecule has 3 heterocycles. The molecule has 3 aliphatic heterocycles. The predicted molar refractivity (Wildman–Crippen MR) is 65.4 cm³/mol. The van der Waals surface area contributed by atoms with Crippen molar-refractivity contribution in [3.8, 4) is 0 Å². The Morgan fingerprint density at radius 1 is 1.00 bits per heavy atom. The number of sulfone groups is 1. The van der Waals surface area contributed by atoms with Crippen LogP contribution in [-0.2, 0) is 33.6 Å². The van der Waals surface area contributed by atoms with Gasteiger partial charge in [0, 0.05) is 0 Å². The second-order valence-electron chi connectivity index (χ2n) is 4.79. The summed E-state index contributed by atoms with van der Waals surface area (Å²) in [5.41, 5.74) is 1.23. The van der Waals surface area contributed by atoms with E-state index in [9.17, 15) is 18.0 Å². The Kier molecular flexibility index (Phi) is 2.77. The third-order valence-corrected chi connectivity index (χ3v) is 5.20. The van der Waals surface area contributed by atoms with Crippen molar-refractivity contribution < 1.29 is 32.2 Å². The predicted octanol–water partition coefficient (Wildman–Crippen LogP) is -0.865. The highest BCUT2D eigenvalue weighted by Crippen LogP contribution is 2.47. The second-order valence-corrected chi connectivity index (χ2v) is 6.85. The van der Waals surface area contributed by atoms with Crippen LogP contribution >= 0.6 is 0 Å². The zero-order valence-corrected chi connectivity index (χ0v) is 11.7. The van der Waals surface area contributed by atoms with Gasteiger partial charge in [-0.2, -0.15) is 0 Å². The Balaban J connectivity index is 2.08. The molecule has 3 rings (SSSR count). The van der Waals surface area contributed by atoms with E-state index in [2.05, 4.69) is 9.47 Å². The first-order chi connectivity index (χ1) is 9.39. The molecule has 0 amide bonds. The first-order valence-corrected chi connectivity index (χ1v) is 7.70. The Morgan fingerprint density at radius 3 is 1.75 bits per heavy atom. The van der Waals surface area contributed by atoms with Gasteiger partial charge in [0.1, 0.15) is 12.2 Å². The zero-order valence-electron chi connectivity index (χ0n) is 10.8. The lowest BCUT2D eigenvalue weighted by atomic mass is 9.87. The van der Waals surface area contributed by atoms with E-state index < -0.39 is 34.0 Å². The molecule has 0 radical (unpaired) electrons. The maximum atomic E-state index is 11.8. The Labute approximate surface area is 115 Å². The van der Waals surface area contributed by atoms with Crippen LogP contribution < -0.4 is 0 Å². The third-order valence-electron chi connectivity index (χ3n) is 3.69. The second kappa shape index (κ2) is 4.16. The number of hydrogen-bond acceptors (Lipinski definition) is 7. The summed E-state index contributed by atoms with van der Waals surface area (Å²) in [6, 6.07) is 0. The maximum absolute atomic E-state index is 11.8. The first kappa shape index (κ1) is 13.3. The van der Waals surface area contributed by atoms with Gasteiger partial charge in [-0.05, 0) is 11.1 Å². The van der Waals surface area contributed by atoms with E-state index in [0.717, 1.165) is 0 Å². The van der Waals surface area contributed by atoms with Gasteiger partial charge in [0.05, 0.1) is 36.9 Å². The van der Waals surface area contributed by atoms with Gasteiger partial charge in [-0.1, -0.05) is 0 Å². The molecular formula is C12H12O7S. The molecule has 0 N–H and O–H groups in total. The maximum Gasteiger partial charge on any atom is 0.337 e. The van der Waals surface area contributed by atoms with Crippen LogP contribution in [0.3, 0.4) is 0 Å². The van der Waals surface area contributed by atoms with Crippen LogP contribution in [0.5, 0.6) is 0 Å². The van der Waals surface area contributed by atoms with E-state index in [1.54, 1.807) is 0 Å². The monoisotopic (exact) mass is 300 g/mol. The van der Waals surface area contributed by atoms with Gasteiger partial charge in [0.15, 0.2) is 9.84 Å². The molecule has 0 fully saturated rings. The Hall–Kier alpha value is -1.67. The highest BCUT2D eigenvalue weighted by molar-refractivity contribution is 7.92. The lowest BCUT2D eigenvalue weighted by Crippen LogP contribution is -2.25. The molecule has 0 aromatic heterocycles. The molecule has 2 atom stereocenters. The average molecular weight is 300 g/mol. The molecule has 0 unspecified atom stereocenters. The molecule has 8 heteroatoms. The van der Waals surface area contributed by atoms with Crippen LogP contribution in [0.2, 0.25) is 0 Å². The largest absolute Gasteiger partial charge is 0.466 e. The van der Waals surface area contributed by atoms with Gasteiger partial charge < -0.3 is 14.2 Å². The van der Waals surface area contributed by atoms with Gasteiger partial charge >= 0.3 is 11.9 Å². The summed E-state index contributed by atoms with van der Waals surface area (Å²) >= 11 is 0. The fourth-order valence-corrected chi connectivity index (χ4v) is 4.64. The minimum atomic E-state index is -3.23. The van der Waals surface area contributed by atoms with Crippen molar-refractivity contribution in [2.45, 2.75) is 12.2 Å². The number of methoxy groups -OCH3 is 2. The number of ether oxygens (including phenoxy) is 3. The molecule has 2 bridgehead atoms. The minimum Gasteiger partial charge on any atom is -0.466 e. The van der Waals surface area contributed by atoms with Gasteiger partial charge in [-0.25, -0.2) is 18.0 Å². The molecule has 20 heavy (non-hydrogen) atoms. The van der Waals surface area contributed by atoms with Crippen molar-refractivity contribution in [2.24, 2.45) is 0 Å². The fourth-order valence-electron chi connectivity index (χ4n) is 2.92. The summed E-state index contributed by atoms with van der Waals surface area (Å²) in [7, 11) is -0.845. The Bertz CT molecular complexity index is 633. The number of rotatable bonds is 2. The summed E-state index contributed by atoms with van der Waals surface area (Å²) in [6.07, 6.45) is -1.62. The molecule has 0 saturated carbocycles. The molecule has 0 aromatic rings. The fraction of sp³-hybridized carbons (Fsp3) is 0.500. The van der Waals surface area contributed by atoms with Crippen molar-refractivity contribution in [1.29, 1.82) is 0 Å². The van der Waals surface area contributed by atoms with Crippen molar-refractivity contribution in [3.63, 3.8) is 0 Å². The van der Waals surface area contributed by atoms with Crippen LogP contribution in [0.1, 0.15) is 0 Å². The number of carbonyl (C=O) groups excluding carboxylic acids is 2. The molecule has 0 aromatic carbocycles. The summed E-state index contributed by atoms with van der Waals surface area (Å²) in [5.74, 6) is -1.68. The van der Waals surface area contributed by atoms with E-state index in [0.29, 0.717) is 11.1 Å². The normalized spacial score (nSPS) is 29.7. The Morgan fingerprint density at radius 2 is 1.40 bits per heavy atom. The quantitative estimate of drug-likeness (QED) is 0.483. The number of fused-ring (bicyclic) bond motifs is 4. The topological polar surface area (TPSA) is 96.0 Å². The highest BCUT2D eigenvalue weighted by atomic mass is 32.2. The number of hydrogen-bond donors (Lipinski definition) is 0. The van der Waals surface area contributed by atoms with Crippen LogP contribution in [0.4, 0.5) is 0 Å². The highest BCUT2D eigenvalue weighted by Gasteiger charge is 2.55. The number of carbonyl (C=O) groups is 2. The van der Waals surface area contributed by atoms with Gasteiger partial charge in [-0.15, -0.1) is 0 Å². The van der Waals surface area contributed by atoms with E-state index in [-0.39, 0.29) is 22.7 Å². The minimum absolute atomic E-state index is 0.0557. The van der Waals surface area contributed by atoms with E-state index in [1.165, 1.54) is 14.2 Å². The summed E-state index contributed by atoms with van der Waals surface area (Å²) in [5, 5.41) is 0. The molecule has 108 valence electrons. The lowest BCUT2D eigenvalue weighted by molar-refractivity contribution is -0.139. The zero-order chi connectivity index (χ0) is 14.7. The molecular weight excluding hydrogens is 288 g/mol. The lowest BCUT2D eigenvalue weighted by Gasteiger charge is -2.15. The van der Waals surface area contributed by atoms with E-state index in [1.807, 2.05) is 0 Å². The van der Waals surface area contributed by atoms with E-state index >= 15 is 0 Å². The molecule has 3 aliphatic rings. The van der Waals surface area contributed by atoms with Crippen molar-refractivity contribution in [2.75, 3.05) is 25.7 Å². The van der Waals surface area contributed by atoms with Crippen molar-refractivity contribution in [3.05, 3.63) is 22.3 Å². The van der Waals surface area contributed by atoms with Crippen LogP contribution in [-0.4, -0.2) is 58.3 Å². The standard InChI is InChI=1S/C12H12O7S/c1-17-11(13)7-8(12(14)18-2)10-6-4-20(15,16)3-5(6)9(7)19-10/h9-10H,3-4H2,1-2H3/t9-,10+. The van der Waals surface area contributed by atoms with Crippen molar-refractivity contribution >= 4 is 21.8 Å². The van der Waals surface area contributed by atoms with E-state index in [4.69, 9.17) is 4.74 Å². The molecule has 7 nitrogen and oxygen atoms in total. The SMILES string of the molecule is COC(=O)C1=C(C(=O)OC)[C@H]2O[C@@H]1C1=C2CS(=O)(=O)C1.